The van der Waals surface area contributed by atoms with Gasteiger partial charge in [-0.25, -0.2) is 4.79 Å². The van der Waals surface area contributed by atoms with Gasteiger partial charge in [-0.2, -0.15) is 8.75 Å². The van der Waals surface area contributed by atoms with Crippen molar-refractivity contribution in [3.63, 3.8) is 0 Å². The smallest absolute Gasteiger partial charge is 0.353 e. The molecular formula is C33H26N4O4S. The second kappa shape index (κ2) is 10.4. The number of hydrogen-bond donors (Lipinski definition) is 1. The number of benzene rings is 4. The lowest BCUT2D eigenvalue weighted by atomic mass is 10.0. The van der Waals surface area contributed by atoms with E-state index in [-0.39, 0.29) is 5.69 Å². The quantitative estimate of drug-likeness (QED) is 0.207. The molecule has 0 aliphatic carbocycles. The molecule has 0 saturated heterocycles. The number of methoxy groups -OCH3 is 1. The van der Waals surface area contributed by atoms with Gasteiger partial charge in [-0.05, 0) is 41.5 Å². The molecule has 208 valence electrons. The Hall–Kier alpha value is -5.15. The van der Waals surface area contributed by atoms with Gasteiger partial charge in [0.05, 0.1) is 35.4 Å². The molecule has 0 radical (unpaired) electrons. The second-order valence-corrected chi connectivity index (χ2v) is 10.6. The van der Waals surface area contributed by atoms with Gasteiger partial charge in [-0.15, -0.1) is 0 Å². The number of para-hydroxylation sites is 1. The molecular weight excluding hydrogens is 548 g/mol. The van der Waals surface area contributed by atoms with Crippen LogP contribution in [-0.4, -0.2) is 36.1 Å². The molecule has 0 fully saturated rings. The van der Waals surface area contributed by atoms with E-state index in [1.54, 1.807) is 7.11 Å². The Morgan fingerprint density at radius 2 is 1.67 bits per heavy atom. The minimum atomic E-state index is -1.02. The molecule has 3 aromatic heterocycles. The first-order valence-corrected chi connectivity index (χ1v) is 14.2. The van der Waals surface area contributed by atoms with E-state index in [1.807, 2.05) is 96.5 Å². The van der Waals surface area contributed by atoms with Gasteiger partial charge in [0.1, 0.15) is 34.8 Å². The van der Waals surface area contributed by atoms with Crippen LogP contribution >= 0.6 is 11.7 Å². The molecule has 8 nitrogen and oxygen atoms in total. The van der Waals surface area contributed by atoms with Gasteiger partial charge in [0.2, 0.25) is 0 Å². The maximum atomic E-state index is 13.2. The fraction of sp³-hybridized carbons (Fsp3) is 0.121. The van der Waals surface area contributed by atoms with Gasteiger partial charge in [0, 0.05) is 36.2 Å². The summed E-state index contributed by atoms with van der Waals surface area (Å²) in [7, 11) is 3.58. The van der Waals surface area contributed by atoms with Crippen molar-refractivity contribution in [1.29, 1.82) is 0 Å². The van der Waals surface area contributed by atoms with Crippen molar-refractivity contribution in [2.45, 2.75) is 13.2 Å². The Morgan fingerprint density at radius 1 is 0.881 bits per heavy atom. The number of fused-ring (bicyclic) bond motifs is 4. The van der Waals surface area contributed by atoms with Crippen molar-refractivity contribution in [2.24, 2.45) is 7.05 Å². The zero-order valence-corrected chi connectivity index (χ0v) is 23.8. The Labute approximate surface area is 245 Å². The summed E-state index contributed by atoms with van der Waals surface area (Å²) < 4.78 is 24.6. The number of nitrogens with zero attached hydrogens (tertiary/aromatic N) is 4. The van der Waals surface area contributed by atoms with Crippen LogP contribution in [0.1, 0.15) is 21.6 Å². The standard InChI is InChI=1S/C33H26N4O4S/c1-36-27-11-7-6-10-23(27)30-31(36)29(24-14-13-22(40-2)17-28(24)41-19-20-8-4-3-5-9-20)32(33(38)39)37(30)18-21-12-15-25-26(16-21)35-42-34-25/h3-17H,18-19H2,1-2H3,(H,38,39). The molecule has 0 atom stereocenters. The first-order valence-electron chi connectivity index (χ1n) is 13.4. The third-order valence-corrected chi connectivity index (χ3v) is 8.21. The van der Waals surface area contributed by atoms with Crippen LogP contribution in [0.3, 0.4) is 0 Å². The molecule has 7 rings (SSSR count). The topological polar surface area (TPSA) is 91.4 Å². The summed E-state index contributed by atoms with van der Waals surface area (Å²) in [5.74, 6) is 0.142. The molecule has 0 amide bonds. The van der Waals surface area contributed by atoms with E-state index in [9.17, 15) is 9.90 Å². The summed E-state index contributed by atoms with van der Waals surface area (Å²) in [6.07, 6.45) is 0. The van der Waals surface area contributed by atoms with E-state index >= 15 is 0 Å². The predicted molar refractivity (Wildman–Crippen MR) is 165 cm³/mol. The summed E-state index contributed by atoms with van der Waals surface area (Å²) in [5.41, 5.74) is 7.69. The van der Waals surface area contributed by atoms with Crippen LogP contribution < -0.4 is 9.47 Å². The third kappa shape index (κ3) is 4.26. The van der Waals surface area contributed by atoms with Gasteiger partial charge < -0.3 is 23.7 Å². The second-order valence-electron chi connectivity index (χ2n) is 10.1. The summed E-state index contributed by atoms with van der Waals surface area (Å²) >= 11 is 1.16. The highest BCUT2D eigenvalue weighted by Crippen LogP contribution is 2.45. The molecule has 0 spiro atoms. The van der Waals surface area contributed by atoms with Crippen LogP contribution in [0.25, 0.3) is 44.1 Å². The molecule has 42 heavy (non-hydrogen) atoms. The maximum Gasteiger partial charge on any atom is 0.353 e. The van der Waals surface area contributed by atoms with Gasteiger partial charge in [-0.1, -0.05) is 54.6 Å². The molecule has 3 heterocycles. The lowest BCUT2D eigenvalue weighted by Crippen LogP contribution is -2.11. The fourth-order valence-corrected chi connectivity index (χ4v) is 6.24. The number of rotatable bonds is 8. The summed E-state index contributed by atoms with van der Waals surface area (Å²) in [4.78, 5) is 13.2. The van der Waals surface area contributed by atoms with Crippen molar-refractivity contribution < 1.29 is 19.4 Å². The highest BCUT2D eigenvalue weighted by molar-refractivity contribution is 7.00. The van der Waals surface area contributed by atoms with Crippen LogP contribution in [0, 0.1) is 0 Å². The third-order valence-electron chi connectivity index (χ3n) is 7.65. The largest absolute Gasteiger partial charge is 0.497 e. The van der Waals surface area contributed by atoms with E-state index < -0.39 is 5.97 Å². The molecule has 0 aliphatic rings. The number of carbonyl (C=O) groups is 1. The summed E-state index contributed by atoms with van der Waals surface area (Å²) in [6, 6.07) is 29.4. The number of aromatic carboxylic acids is 1. The molecule has 1 N–H and O–H groups in total. The number of carboxylic acid groups (broad SMARTS) is 1. The number of aryl methyl sites for hydroxylation is 1. The average Bonchev–Trinajstić information content (AvgIpc) is 3.70. The first-order chi connectivity index (χ1) is 20.5. The van der Waals surface area contributed by atoms with E-state index in [1.165, 1.54) is 0 Å². The SMILES string of the molecule is COc1ccc(-c2c(C(=O)O)n(Cc3ccc4nsnc4c3)c3c4ccccc4n(C)c23)c(OCc2ccccc2)c1. The van der Waals surface area contributed by atoms with Gasteiger partial charge in [0.25, 0.3) is 0 Å². The highest BCUT2D eigenvalue weighted by Gasteiger charge is 2.30. The van der Waals surface area contributed by atoms with Crippen LogP contribution in [0.2, 0.25) is 0 Å². The molecule has 0 unspecified atom stereocenters. The number of aromatic nitrogens is 4. The zero-order chi connectivity index (χ0) is 28.8. The number of ether oxygens (including phenoxy) is 2. The minimum absolute atomic E-state index is 0.188. The van der Waals surface area contributed by atoms with Crippen molar-refractivity contribution in [3.8, 4) is 22.6 Å². The Bertz CT molecular complexity index is 2110. The predicted octanol–water partition coefficient (Wildman–Crippen LogP) is 7.14. The fourth-order valence-electron chi connectivity index (χ4n) is 5.73. The van der Waals surface area contributed by atoms with Crippen molar-refractivity contribution in [3.05, 3.63) is 108 Å². The molecule has 4 aromatic carbocycles. The van der Waals surface area contributed by atoms with E-state index in [0.717, 1.165) is 55.8 Å². The van der Waals surface area contributed by atoms with Crippen molar-refractivity contribution in [1.82, 2.24) is 17.9 Å². The maximum absolute atomic E-state index is 13.2. The lowest BCUT2D eigenvalue weighted by Gasteiger charge is -2.15. The average molecular weight is 575 g/mol. The van der Waals surface area contributed by atoms with Crippen LogP contribution in [0.15, 0.2) is 91.0 Å². The van der Waals surface area contributed by atoms with Crippen LogP contribution in [-0.2, 0) is 20.2 Å². The zero-order valence-electron chi connectivity index (χ0n) is 22.9. The normalized spacial score (nSPS) is 11.5. The molecule has 0 saturated carbocycles. The minimum Gasteiger partial charge on any atom is -0.497 e. The van der Waals surface area contributed by atoms with Gasteiger partial charge in [0.15, 0.2) is 0 Å². The lowest BCUT2D eigenvalue weighted by molar-refractivity contribution is 0.0687. The number of hydrogen-bond acceptors (Lipinski definition) is 6. The number of carboxylic acids is 1. The molecule has 0 bridgehead atoms. The van der Waals surface area contributed by atoms with Crippen molar-refractivity contribution in [2.75, 3.05) is 7.11 Å². The van der Waals surface area contributed by atoms with Gasteiger partial charge in [-0.3, -0.25) is 0 Å². The Kier molecular flexibility index (Phi) is 6.36. The first kappa shape index (κ1) is 25.8. The van der Waals surface area contributed by atoms with Crippen LogP contribution in [0.4, 0.5) is 0 Å². The van der Waals surface area contributed by atoms with Crippen LogP contribution in [0.5, 0.6) is 11.5 Å². The highest BCUT2D eigenvalue weighted by atomic mass is 32.1. The molecule has 0 aliphatic heterocycles. The summed E-state index contributed by atoms with van der Waals surface area (Å²) in [5, 5.41) is 11.8. The van der Waals surface area contributed by atoms with Gasteiger partial charge >= 0.3 is 5.97 Å². The van der Waals surface area contributed by atoms with E-state index in [4.69, 9.17) is 9.47 Å². The molecule has 7 aromatic rings. The van der Waals surface area contributed by atoms with E-state index in [0.29, 0.717) is 35.8 Å². The Morgan fingerprint density at radius 3 is 2.48 bits per heavy atom. The summed E-state index contributed by atoms with van der Waals surface area (Å²) in [6.45, 7) is 0.667. The Balaban J connectivity index is 1.49. The van der Waals surface area contributed by atoms with Crippen molar-refractivity contribution >= 4 is 50.7 Å². The molecule has 9 heteroatoms. The monoisotopic (exact) mass is 574 g/mol. The van der Waals surface area contributed by atoms with E-state index in [2.05, 4.69) is 19.4 Å².